The van der Waals surface area contributed by atoms with Gasteiger partial charge in [-0.1, -0.05) is 30.3 Å². The van der Waals surface area contributed by atoms with E-state index in [-0.39, 0.29) is 5.91 Å². The summed E-state index contributed by atoms with van der Waals surface area (Å²) >= 11 is 0. The summed E-state index contributed by atoms with van der Waals surface area (Å²) in [4.78, 5) is 12.1. The highest BCUT2D eigenvalue weighted by Gasteiger charge is 2.09. The van der Waals surface area contributed by atoms with E-state index in [1.807, 2.05) is 30.3 Å². The van der Waals surface area contributed by atoms with Crippen molar-refractivity contribution in [3.05, 3.63) is 70.8 Å². The number of carbonyl (C=O) groups excluding carboxylic acids is 1. The summed E-state index contributed by atoms with van der Waals surface area (Å²) < 4.78 is 0. The minimum Gasteiger partial charge on any atom is -0.348 e. The lowest BCUT2D eigenvalue weighted by Crippen LogP contribution is -2.24. The molecule has 1 amide bonds. The van der Waals surface area contributed by atoms with Crippen molar-refractivity contribution >= 4 is 5.91 Å². The average Bonchev–Trinajstić information content (AvgIpc) is 2.53. The van der Waals surface area contributed by atoms with Gasteiger partial charge in [0.2, 0.25) is 0 Å². The third-order valence-electron chi connectivity index (χ3n) is 3.02. The van der Waals surface area contributed by atoms with Gasteiger partial charge in [-0.05, 0) is 29.3 Å². The Morgan fingerprint density at radius 2 is 1.85 bits per heavy atom. The number of hydrogen-bond acceptors (Lipinski definition) is 3. The first-order valence-electron chi connectivity index (χ1n) is 6.30. The Hall–Kier alpha value is -2.64. The molecule has 2 rings (SSSR count). The van der Waals surface area contributed by atoms with E-state index in [9.17, 15) is 4.79 Å². The van der Waals surface area contributed by atoms with Gasteiger partial charge in [-0.3, -0.25) is 4.79 Å². The molecule has 0 atom stereocenters. The molecule has 0 aliphatic heterocycles. The number of nitriles is 1. The number of nitrogens with one attached hydrogen (secondary N) is 1. The fourth-order valence-electron chi connectivity index (χ4n) is 1.89. The van der Waals surface area contributed by atoms with Crippen LogP contribution in [0.3, 0.4) is 0 Å². The Balaban J connectivity index is 2.03. The Kier molecular flexibility index (Phi) is 4.48. The third-order valence-corrected chi connectivity index (χ3v) is 3.02. The second-order valence-electron chi connectivity index (χ2n) is 4.35. The minimum absolute atomic E-state index is 0.143. The van der Waals surface area contributed by atoms with Crippen LogP contribution < -0.4 is 11.1 Å². The maximum absolute atomic E-state index is 12.1. The summed E-state index contributed by atoms with van der Waals surface area (Å²) in [7, 11) is 0. The molecule has 2 aromatic carbocycles. The van der Waals surface area contributed by atoms with Gasteiger partial charge in [0.05, 0.1) is 11.6 Å². The highest BCUT2D eigenvalue weighted by Crippen LogP contribution is 2.08. The number of rotatable bonds is 4. The predicted octanol–water partition coefficient (Wildman–Crippen LogP) is 1.95. The van der Waals surface area contributed by atoms with E-state index in [1.165, 1.54) is 0 Å². The van der Waals surface area contributed by atoms with E-state index >= 15 is 0 Å². The maximum atomic E-state index is 12.1. The highest BCUT2D eigenvalue weighted by atomic mass is 16.1. The summed E-state index contributed by atoms with van der Waals surface area (Å²) in [5, 5.41) is 11.6. The number of benzene rings is 2. The highest BCUT2D eigenvalue weighted by molar-refractivity contribution is 5.95. The molecule has 4 nitrogen and oxygen atoms in total. The summed E-state index contributed by atoms with van der Waals surface area (Å²) in [6, 6.07) is 16.5. The second-order valence-corrected chi connectivity index (χ2v) is 4.35. The Morgan fingerprint density at radius 1 is 1.15 bits per heavy atom. The standard InChI is InChI=1S/C16H15N3O/c17-9-12-5-7-13(8-6-12)11-19-16(20)15-4-2-1-3-14(15)10-18/h1-8H,10-11,18H2,(H,19,20). The van der Waals surface area contributed by atoms with E-state index in [0.29, 0.717) is 24.2 Å². The SMILES string of the molecule is N#Cc1ccc(CNC(=O)c2ccccc2CN)cc1. The number of carbonyl (C=O) groups is 1. The summed E-state index contributed by atoms with van der Waals surface area (Å²) in [5.74, 6) is -0.143. The first-order valence-corrected chi connectivity index (χ1v) is 6.30. The van der Waals surface area contributed by atoms with Gasteiger partial charge in [0.25, 0.3) is 5.91 Å². The van der Waals surface area contributed by atoms with Gasteiger partial charge in [0, 0.05) is 18.7 Å². The molecule has 0 heterocycles. The topological polar surface area (TPSA) is 78.9 Å². The maximum Gasteiger partial charge on any atom is 0.251 e. The fourth-order valence-corrected chi connectivity index (χ4v) is 1.89. The molecule has 0 spiro atoms. The third kappa shape index (κ3) is 3.22. The molecule has 3 N–H and O–H groups in total. The van der Waals surface area contributed by atoms with Crippen LogP contribution in [0.4, 0.5) is 0 Å². The molecule has 0 radical (unpaired) electrons. The van der Waals surface area contributed by atoms with Crippen LogP contribution in [-0.2, 0) is 13.1 Å². The van der Waals surface area contributed by atoms with E-state index in [4.69, 9.17) is 11.0 Å². The molecule has 0 saturated carbocycles. The molecule has 2 aromatic rings. The lowest BCUT2D eigenvalue weighted by Gasteiger charge is -2.09. The fraction of sp³-hybridized carbons (Fsp3) is 0.125. The van der Waals surface area contributed by atoms with E-state index in [1.54, 1.807) is 18.2 Å². The van der Waals surface area contributed by atoms with Crippen molar-refractivity contribution in [1.82, 2.24) is 5.32 Å². The molecule has 0 aliphatic rings. The van der Waals surface area contributed by atoms with Gasteiger partial charge in [-0.25, -0.2) is 0 Å². The minimum atomic E-state index is -0.143. The Labute approximate surface area is 117 Å². The molecular weight excluding hydrogens is 250 g/mol. The zero-order chi connectivity index (χ0) is 14.4. The number of nitrogens with two attached hydrogens (primary N) is 1. The van der Waals surface area contributed by atoms with E-state index < -0.39 is 0 Å². The summed E-state index contributed by atoms with van der Waals surface area (Å²) in [5.41, 5.74) is 8.59. The molecular formula is C16H15N3O. The second kappa shape index (κ2) is 6.50. The van der Waals surface area contributed by atoms with E-state index in [0.717, 1.165) is 11.1 Å². The van der Waals surface area contributed by atoms with Crippen LogP contribution in [0.15, 0.2) is 48.5 Å². The van der Waals surface area contributed by atoms with Gasteiger partial charge < -0.3 is 11.1 Å². The molecule has 20 heavy (non-hydrogen) atoms. The molecule has 0 aromatic heterocycles. The van der Waals surface area contributed by atoms with Gasteiger partial charge >= 0.3 is 0 Å². The Morgan fingerprint density at radius 3 is 2.50 bits per heavy atom. The van der Waals surface area contributed by atoms with Crippen molar-refractivity contribution in [2.45, 2.75) is 13.1 Å². The smallest absolute Gasteiger partial charge is 0.251 e. The number of nitrogens with zero attached hydrogens (tertiary/aromatic N) is 1. The quantitative estimate of drug-likeness (QED) is 0.886. The normalized spacial score (nSPS) is 9.80. The van der Waals surface area contributed by atoms with Crippen molar-refractivity contribution < 1.29 is 4.79 Å². The first kappa shape index (κ1) is 13.8. The van der Waals surface area contributed by atoms with Crippen LogP contribution in [0.25, 0.3) is 0 Å². The molecule has 0 aliphatic carbocycles. The summed E-state index contributed by atoms with van der Waals surface area (Å²) in [6.45, 7) is 0.754. The zero-order valence-electron chi connectivity index (χ0n) is 11.0. The van der Waals surface area contributed by atoms with Gasteiger partial charge in [0.15, 0.2) is 0 Å². The monoisotopic (exact) mass is 265 g/mol. The molecule has 0 unspecified atom stereocenters. The summed E-state index contributed by atoms with van der Waals surface area (Å²) in [6.07, 6.45) is 0. The molecule has 100 valence electrons. The number of amides is 1. The predicted molar refractivity (Wildman–Crippen MR) is 76.7 cm³/mol. The lowest BCUT2D eigenvalue weighted by atomic mass is 10.1. The molecule has 0 saturated heterocycles. The van der Waals surface area contributed by atoms with Crippen molar-refractivity contribution in [3.8, 4) is 6.07 Å². The van der Waals surface area contributed by atoms with Gasteiger partial charge in [-0.15, -0.1) is 0 Å². The average molecular weight is 265 g/mol. The van der Waals surface area contributed by atoms with Crippen LogP contribution in [-0.4, -0.2) is 5.91 Å². The van der Waals surface area contributed by atoms with Gasteiger partial charge in [0.1, 0.15) is 0 Å². The van der Waals surface area contributed by atoms with Crippen LogP contribution in [0, 0.1) is 11.3 Å². The van der Waals surface area contributed by atoms with Crippen LogP contribution in [0.5, 0.6) is 0 Å². The molecule has 4 heteroatoms. The lowest BCUT2D eigenvalue weighted by molar-refractivity contribution is 0.0950. The largest absolute Gasteiger partial charge is 0.348 e. The zero-order valence-corrected chi connectivity index (χ0v) is 11.0. The first-order chi connectivity index (χ1) is 9.74. The van der Waals surface area contributed by atoms with Gasteiger partial charge in [-0.2, -0.15) is 5.26 Å². The van der Waals surface area contributed by atoms with E-state index in [2.05, 4.69) is 11.4 Å². The van der Waals surface area contributed by atoms with Crippen molar-refractivity contribution in [2.24, 2.45) is 5.73 Å². The van der Waals surface area contributed by atoms with Crippen LogP contribution >= 0.6 is 0 Å². The van der Waals surface area contributed by atoms with Crippen molar-refractivity contribution in [1.29, 1.82) is 5.26 Å². The van der Waals surface area contributed by atoms with Crippen LogP contribution in [0.1, 0.15) is 27.0 Å². The van der Waals surface area contributed by atoms with Crippen molar-refractivity contribution in [2.75, 3.05) is 0 Å². The van der Waals surface area contributed by atoms with Crippen molar-refractivity contribution in [3.63, 3.8) is 0 Å². The molecule has 0 fully saturated rings. The number of hydrogen-bond donors (Lipinski definition) is 2. The van der Waals surface area contributed by atoms with Crippen LogP contribution in [0.2, 0.25) is 0 Å². The molecule has 0 bridgehead atoms. The Bertz CT molecular complexity index is 642.